The Labute approximate surface area is 113 Å². The third-order valence-electron chi connectivity index (χ3n) is 3.20. The van der Waals surface area contributed by atoms with Gasteiger partial charge in [-0.05, 0) is 33.3 Å². The van der Waals surface area contributed by atoms with Crippen molar-refractivity contribution in [2.45, 2.75) is 45.6 Å². The van der Waals surface area contributed by atoms with Gasteiger partial charge < -0.3 is 10.4 Å². The Morgan fingerprint density at radius 3 is 2.26 bits per heavy atom. The summed E-state index contributed by atoms with van der Waals surface area (Å²) < 4.78 is 0. The van der Waals surface area contributed by atoms with Crippen molar-refractivity contribution in [1.82, 2.24) is 5.32 Å². The van der Waals surface area contributed by atoms with E-state index in [4.69, 9.17) is 5.11 Å². The molecule has 2 N–H and O–H groups in total. The molecule has 1 aromatic rings. The highest BCUT2D eigenvalue weighted by molar-refractivity contribution is 5.87. The molecular weight excluding hydrogens is 242 g/mol. The molecule has 1 atom stereocenters. The summed E-state index contributed by atoms with van der Waals surface area (Å²) in [5, 5.41) is 11.4. The Hall–Kier alpha value is -1.84. The van der Waals surface area contributed by atoms with E-state index < -0.39 is 11.4 Å². The Morgan fingerprint density at radius 1 is 1.26 bits per heavy atom. The first-order valence-corrected chi connectivity index (χ1v) is 6.33. The second kappa shape index (κ2) is 5.87. The summed E-state index contributed by atoms with van der Waals surface area (Å²) in [4.78, 5) is 22.8. The second-order valence-corrected chi connectivity index (χ2v) is 5.46. The molecule has 0 radical (unpaired) electrons. The zero-order valence-corrected chi connectivity index (χ0v) is 11.9. The van der Waals surface area contributed by atoms with Crippen LogP contribution in [0.25, 0.3) is 0 Å². The van der Waals surface area contributed by atoms with Crippen molar-refractivity contribution < 1.29 is 14.7 Å². The molecule has 0 heterocycles. The van der Waals surface area contributed by atoms with Crippen molar-refractivity contribution in [3.8, 4) is 0 Å². The predicted octanol–water partition coefficient (Wildman–Crippen LogP) is 2.25. The zero-order valence-electron chi connectivity index (χ0n) is 11.9. The van der Waals surface area contributed by atoms with Gasteiger partial charge in [-0.15, -0.1) is 0 Å². The minimum absolute atomic E-state index is 0.0737. The Bertz CT molecular complexity index is 463. The topological polar surface area (TPSA) is 66.4 Å². The summed E-state index contributed by atoms with van der Waals surface area (Å²) in [7, 11) is 0. The van der Waals surface area contributed by atoms with Crippen molar-refractivity contribution in [2.75, 3.05) is 0 Å². The number of rotatable bonds is 5. The van der Waals surface area contributed by atoms with Gasteiger partial charge in [-0.3, -0.25) is 9.59 Å². The molecule has 1 rings (SSSR count). The molecule has 0 fully saturated rings. The summed E-state index contributed by atoms with van der Waals surface area (Å²) in [6.45, 7) is 7.35. The van der Waals surface area contributed by atoms with Crippen LogP contribution >= 0.6 is 0 Å². The minimum Gasteiger partial charge on any atom is -0.481 e. The number of carboxylic acids is 1. The maximum Gasteiger partial charge on any atom is 0.305 e. The SMILES string of the molecule is Cc1ccc(C(C)(C)C(=O)N[C@@H](C)CC(=O)O)cc1. The molecule has 4 heteroatoms. The quantitative estimate of drug-likeness (QED) is 0.856. The molecular formula is C15H21NO3. The van der Waals surface area contributed by atoms with Crippen LogP contribution in [0.3, 0.4) is 0 Å². The van der Waals surface area contributed by atoms with Gasteiger partial charge in [0.15, 0.2) is 0 Å². The van der Waals surface area contributed by atoms with E-state index in [0.29, 0.717) is 0 Å². The third-order valence-corrected chi connectivity index (χ3v) is 3.20. The largest absolute Gasteiger partial charge is 0.481 e. The standard InChI is InChI=1S/C15H21NO3/c1-10-5-7-12(8-6-10)15(3,4)14(19)16-11(2)9-13(17)18/h5-8,11H,9H2,1-4H3,(H,16,19)(H,17,18)/t11-/m0/s1. The van der Waals surface area contributed by atoms with Crippen LogP contribution in [0.1, 0.15) is 38.3 Å². The molecule has 0 aromatic heterocycles. The lowest BCUT2D eigenvalue weighted by Crippen LogP contribution is -2.44. The normalized spacial score (nSPS) is 12.8. The Morgan fingerprint density at radius 2 is 1.79 bits per heavy atom. The number of amides is 1. The molecule has 1 aromatic carbocycles. The highest BCUT2D eigenvalue weighted by Crippen LogP contribution is 2.24. The molecule has 0 aliphatic rings. The number of carbonyl (C=O) groups excluding carboxylic acids is 1. The summed E-state index contributed by atoms with van der Waals surface area (Å²) in [5.74, 6) is -1.08. The van der Waals surface area contributed by atoms with Crippen LogP contribution in [-0.2, 0) is 15.0 Å². The first kappa shape index (κ1) is 15.2. The van der Waals surface area contributed by atoms with Gasteiger partial charge in [0.1, 0.15) is 0 Å². The van der Waals surface area contributed by atoms with Gasteiger partial charge in [0.05, 0.1) is 11.8 Å². The van der Waals surface area contributed by atoms with Crippen LogP contribution in [0.5, 0.6) is 0 Å². The average Bonchev–Trinajstić information content (AvgIpc) is 2.28. The number of aliphatic carboxylic acids is 1. The highest BCUT2D eigenvalue weighted by atomic mass is 16.4. The molecule has 1 amide bonds. The molecule has 0 aliphatic carbocycles. The number of hydrogen-bond donors (Lipinski definition) is 2. The van der Waals surface area contributed by atoms with E-state index in [9.17, 15) is 9.59 Å². The Balaban J connectivity index is 2.79. The maximum atomic E-state index is 12.2. The first-order valence-electron chi connectivity index (χ1n) is 6.33. The number of benzene rings is 1. The van der Waals surface area contributed by atoms with Crippen LogP contribution in [0.2, 0.25) is 0 Å². The van der Waals surface area contributed by atoms with Crippen LogP contribution in [-0.4, -0.2) is 23.0 Å². The third kappa shape index (κ3) is 4.09. The van der Waals surface area contributed by atoms with E-state index in [2.05, 4.69) is 5.32 Å². The smallest absolute Gasteiger partial charge is 0.305 e. The van der Waals surface area contributed by atoms with Crippen molar-refractivity contribution >= 4 is 11.9 Å². The lowest BCUT2D eigenvalue weighted by Gasteiger charge is -2.26. The van der Waals surface area contributed by atoms with Crippen molar-refractivity contribution in [2.24, 2.45) is 0 Å². The van der Waals surface area contributed by atoms with Crippen molar-refractivity contribution in [1.29, 1.82) is 0 Å². The average molecular weight is 263 g/mol. The molecule has 4 nitrogen and oxygen atoms in total. The Kier molecular flexibility index (Phi) is 4.70. The van der Waals surface area contributed by atoms with Gasteiger partial charge in [0.2, 0.25) is 5.91 Å². The summed E-state index contributed by atoms with van der Waals surface area (Å²) in [6.07, 6.45) is -0.0737. The summed E-state index contributed by atoms with van der Waals surface area (Å²) in [6, 6.07) is 7.40. The van der Waals surface area contributed by atoms with Crippen molar-refractivity contribution in [3.63, 3.8) is 0 Å². The number of hydrogen-bond acceptors (Lipinski definition) is 2. The molecule has 19 heavy (non-hydrogen) atoms. The predicted molar refractivity (Wildman–Crippen MR) is 74.1 cm³/mol. The summed E-state index contributed by atoms with van der Waals surface area (Å²) in [5.41, 5.74) is 1.37. The zero-order chi connectivity index (χ0) is 14.6. The van der Waals surface area contributed by atoms with E-state index >= 15 is 0 Å². The fourth-order valence-corrected chi connectivity index (χ4v) is 1.82. The fraction of sp³-hybridized carbons (Fsp3) is 0.467. The van der Waals surface area contributed by atoms with Crippen molar-refractivity contribution in [3.05, 3.63) is 35.4 Å². The second-order valence-electron chi connectivity index (χ2n) is 5.46. The molecule has 0 aliphatic heterocycles. The van der Waals surface area contributed by atoms with E-state index in [1.54, 1.807) is 6.92 Å². The number of aryl methyl sites for hydroxylation is 1. The van der Waals surface area contributed by atoms with Gasteiger partial charge in [-0.25, -0.2) is 0 Å². The molecule has 0 unspecified atom stereocenters. The van der Waals surface area contributed by atoms with Crippen LogP contribution in [0.4, 0.5) is 0 Å². The van der Waals surface area contributed by atoms with Crippen LogP contribution in [0, 0.1) is 6.92 Å². The van der Waals surface area contributed by atoms with E-state index in [1.165, 1.54) is 0 Å². The van der Waals surface area contributed by atoms with Gasteiger partial charge >= 0.3 is 5.97 Å². The lowest BCUT2D eigenvalue weighted by atomic mass is 9.83. The lowest BCUT2D eigenvalue weighted by molar-refractivity contribution is -0.137. The molecule has 0 spiro atoms. The highest BCUT2D eigenvalue weighted by Gasteiger charge is 2.30. The van der Waals surface area contributed by atoms with Crippen LogP contribution < -0.4 is 5.32 Å². The molecule has 0 bridgehead atoms. The number of carboxylic acid groups (broad SMARTS) is 1. The van der Waals surface area contributed by atoms with E-state index in [-0.39, 0.29) is 18.4 Å². The van der Waals surface area contributed by atoms with Gasteiger partial charge in [-0.1, -0.05) is 29.8 Å². The number of nitrogens with one attached hydrogen (secondary N) is 1. The maximum absolute atomic E-state index is 12.2. The molecule has 104 valence electrons. The van der Waals surface area contributed by atoms with Gasteiger partial charge in [-0.2, -0.15) is 0 Å². The summed E-state index contributed by atoms with van der Waals surface area (Å²) >= 11 is 0. The fourth-order valence-electron chi connectivity index (χ4n) is 1.82. The van der Waals surface area contributed by atoms with Crippen LogP contribution in [0.15, 0.2) is 24.3 Å². The van der Waals surface area contributed by atoms with E-state index in [1.807, 2.05) is 45.0 Å². The molecule has 0 saturated carbocycles. The first-order chi connectivity index (χ1) is 8.73. The molecule has 0 saturated heterocycles. The minimum atomic E-state index is -0.916. The van der Waals surface area contributed by atoms with Gasteiger partial charge in [0.25, 0.3) is 0 Å². The van der Waals surface area contributed by atoms with E-state index in [0.717, 1.165) is 11.1 Å². The van der Waals surface area contributed by atoms with Gasteiger partial charge in [0, 0.05) is 6.04 Å². The number of carbonyl (C=O) groups is 2. The monoisotopic (exact) mass is 263 g/mol.